The maximum absolute atomic E-state index is 12.6. The van der Waals surface area contributed by atoms with E-state index < -0.39 is 66.0 Å². The Morgan fingerprint density at radius 1 is 0.875 bits per heavy atom. The van der Waals surface area contributed by atoms with Gasteiger partial charge in [0.2, 0.25) is 23.6 Å². The van der Waals surface area contributed by atoms with Crippen molar-refractivity contribution in [3.8, 4) is 0 Å². The number of carbonyl (C=O) groups is 5. The molecule has 0 rings (SSSR count). The minimum atomic E-state index is -1.56. The van der Waals surface area contributed by atoms with Gasteiger partial charge in [-0.1, -0.05) is 0 Å². The molecule has 0 radical (unpaired) electrons. The summed E-state index contributed by atoms with van der Waals surface area (Å²) in [6.07, 6.45) is -1.18. The van der Waals surface area contributed by atoms with Gasteiger partial charge in [-0.15, -0.1) is 0 Å². The molecule has 6 unspecified atom stereocenters. The highest BCUT2D eigenvalue weighted by atomic mass is 32.2. The summed E-state index contributed by atoms with van der Waals surface area (Å²) in [5.74, 6) is -4.28. The van der Waals surface area contributed by atoms with E-state index >= 15 is 0 Å². The number of carboxylic acids is 1. The third kappa shape index (κ3) is 10.7. The Morgan fingerprint density at radius 3 is 1.75 bits per heavy atom. The number of thioether (sulfide) groups is 1. The molecular weight excluding hydrogens is 446 g/mol. The summed E-state index contributed by atoms with van der Waals surface area (Å²) in [4.78, 5) is 59.4. The second-order valence-corrected chi connectivity index (χ2v) is 8.23. The highest BCUT2D eigenvalue weighted by molar-refractivity contribution is 7.98. The van der Waals surface area contributed by atoms with Crippen LogP contribution in [0.5, 0.6) is 0 Å². The van der Waals surface area contributed by atoms with Crippen LogP contribution < -0.4 is 27.4 Å². The van der Waals surface area contributed by atoms with E-state index in [-0.39, 0.29) is 19.3 Å². The van der Waals surface area contributed by atoms with E-state index in [1.54, 1.807) is 6.26 Å². The van der Waals surface area contributed by atoms with Gasteiger partial charge in [0.25, 0.3) is 0 Å². The summed E-state index contributed by atoms with van der Waals surface area (Å²) in [7, 11) is 0. The van der Waals surface area contributed by atoms with Crippen molar-refractivity contribution in [2.24, 2.45) is 11.5 Å². The van der Waals surface area contributed by atoms with E-state index in [1.807, 2.05) is 0 Å². The SMILES string of the molecule is CSCCC(NC(=O)C(NC(=O)C(NC(=O)C(N)CCC(N)=O)C(C)O)C(C)O)C(=O)O. The summed E-state index contributed by atoms with van der Waals surface area (Å²) in [6, 6.07) is -5.51. The molecule has 0 bridgehead atoms. The van der Waals surface area contributed by atoms with Crippen LogP contribution in [-0.2, 0) is 24.0 Å². The van der Waals surface area contributed by atoms with Gasteiger partial charge in [-0.2, -0.15) is 11.8 Å². The van der Waals surface area contributed by atoms with Gasteiger partial charge in [0.05, 0.1) is 18.2 Å². The van der Waals surface area contributed by atoms with E-state index in [4.69, 9.17) is 11.5 Å². The van der Waals surface area contributed by atoms with Gasteiger partial charge >= 0.3 is 5.97 Å². The number of nitrogens with one attached hydrogen (secondary N) is 3. The summed E-state index contributed by atoms with van der Waals surface area (Å²) in [5.41, 5.74) is 10.6. The van der Waals surface area contributed by atoms with Crippen LogP contribution in [0, 0.1) is 0 Å². The first-order valence-corrected chi connectivity index (χ1v) is 11.2. The van der Waals surface area contributed by atoms with Crippen LogP contribution in [0.2, 0.25) is 0 Å². The quantitative estimate of drug-likeness (QED) is 0.116. The third-order valence-electron chi connectivity index (χ3n) is 4.39. The number of aliphatic hydroxyl groups excluding tert-OH is 2. The molecule has 4 amide bonds. The molecule has 0 spiro atoms. The molecule has 0 aromatic heterocycles. The normalized spacial score (nSPS) is 16.6. The maximum atomic E-state index is 12.6. The van der Waals surface area contributed by atoms with Crippen LogP contribution in [0.4, 0.5) is 0 Å². The fourth-order valence-corrected chi connectivity index (χ4v) is 2.97. The molecule has 0 fully saturated rings. The van der Waals surface area contributed by atoms with Crippen molar-refractivity contribution in [1.82, 2.24) is 16.0 Å². The largest absolute Gasteiger partial charge is 0.480 e. The molecule has 0 aliphatic carbocycles. The predicted molar refractivity (Wildman–Crippen MR) is 116 cm³/mol. The number of nitrogens with two attached hydrogens (primary N) is 2. The smallest absolute Gasteiger partial charge is 0.326 e. The second kappa shape index (κ2) is 14.6. The molecule has 0 heterocycles. The number of carbonyl (C=O) groups excluding carboxylic acids is 4. The number of amides is 4. The lowest BCUT2D eigenvalue weighted by Crippen LogP contribution is -2.61. The Kier molecular flexibility index (Phi) is 13.5. The Bertz CT molecular complexity index is 676. The zero-order valence-corrected chi connectivity index (χ0v) is 19.1. The first-order chi connectivity index (χ1) is 14.8. The first-order valence-electron chi connectivity index (χ1n) is 9.84. The maximum Gasteiger partial charge on any atom is 0.326 e. The number of carboxylic acid groups (broad SMARTS) is 1. The summed E-state index contributed by atoms with van der Waals surface area (Å²) < 4.78 is 0. The van der Waals surface area contributed by atoms with Crippen molar-refractivity contribution >= 4 is 41.4 Å². The Morgan fingerprint density at radius 2 is 1.34 bits per heavy atom. The standard InChI is InChI=1S/C18H33N5O8S/c1-8(24)13(16(28)21-11(18(30)31)6-7-32-3)23-17(29)14(9(2)25)22-15(27)10(19)4-5-12(20)26/h8-11,13-14,24-25H,4-7,19H2,1-3H3,(H2,20,26)(H,21,28)(H,22,27)(H,23,29)(H,30,31). The molecule has 32 heavy (non-hydrogen) atoms. The molecule has 0 aliphatic rings. The molecular formula is C18H33N5O8S. The first kappa shape index (κ1) is 29.6. The molecule has 0 aromatic rings. The summed E-state index contributed by atoms with van der Waals surface area (Å²) >= 11 is 1.38. The highest BCUT2D eigenvalue weighted by Gasteiger charge is 2.34. The van der Waals surface area contributed by atoms with Crippen LogP contribution in [0.1, 0.15) is 33.1 Å². The number of hydrogen-bond donors (Lipinski definition) is 8. The van der Waals surface area contributed by atoms with Crippen LogP contribution in [-0.4, -0.2) is 93.3 Å². The van der Waals surface area contributed by atoms with E-state index in [1.165, 1.54) is 25.6 Å². The number of primary amides is 1. The number of hydrogen-bond acceptors (Lipinski definition) is 9. The fourth-order valence-electron chi connectivity index (χ4n) is 2.50. The second-order valence-electron chi connectivity index (χ2n) is 7.25. The van der Waals surface area contributed by atoms with Crippen LogP contribution in [0.15, 0.2) is 0 Å². The Labute approximate surface area is 190 Å². The van der Waals surface area contributed by atoms with E-state index in [2.05, 4.69) is 16.0 Å². The monoisotopic (exact) mass is 479 g/mol. The zero-order chi connectivity index (χ0) is 25.0. The number of aliphatic hydroxyl groups is 2. The molecule has 6 atom stereocenters. The van der Waals surface area contributed by atoms with Gasteiger partial charge in [-0.3, -0.25) is 19.2 Å². The van der Waals surface area contributed by atoms with Crippen molar-refractivity contribution in [2.75, 3.05) is 12.0 Å². The predicted octanol–water partition coefficient (Wildman–Crippen LogP) is -3.37. The van der Waals surface area contributed by atoms with E-state index in [0.29, 0.717) is 5.75 Å². The minimum Gasteiger partial charge on any atom is -0.480 e. The highest BCUT2D eigenvalue weighted by Crippen LogP contribution is 2.04. The topological polar surface area (TPSA) is 234 Å². The molecule has 0 aromatic carbocycles. The van der Waals surface area contributed by atoms with Crippen molar-refractivity contribution in [3.05, 3.63) is 0 Å². The lowest BCUT2D eigenvalue weighted by atomic mass is 10.1. The van der Waals surface area contributed by atoms with Gasteiger partial charge in [-0.05, 0) is 38.7 Å². The number of aliphatic carboxylic acids is 1. The van der Waals surface area contributed by atoms with Crippen molar-refractivity contribution < 1.29 is 39.3 Å². The van der Waals surface area contributed by atoms with Gasteiger partial charge < -0.3 is 42.7 Å². The third-order valence-corrected chi connectivity index (χ3v) is 5.03. The lowest BCUT2D eigenvalue weighted by molar-refractivity contribution is -0.143. The van der Waals surface area contributed by atoms with Crippen LogP contribution >= 0.6 is 11.8 Å². The van der Waals surface area contributed by atoms with Crippen molar-refractivity contribution in [3.63, 3.8) is 0 Å². The van der Waals surface area contributed by atoms with Gasteiger partial charge in [-0.25, -0.2) is 4.79 Å². The molecule has 0 aliphatic heterocycles. The summed E-state index contributed by atoms with van der Waals surface area (Å²) in [6.45, 7) is 2.41. The molecule has 13 nitrogen and oxygen atoms in total. The van der Waals surface area contributed by atoms with Crippen LogP contribution in [0.25, 0.3) is 0 Å². The summed E-state index contributed by atoms with van der Waals surface area (Å²) in [5, 5.41) is 35.8. The van der Waals surface area contributed by atoms with Crippen molar-refractivity contribution in [1.29, 1.82) is 0 Å². The molecule has 0 saturated heterocycles. The van der Waals surface area contributed by atoms with Crippen molar-refractivity contribution in [2.45, 2.75) is 69.5 Å². The molecule has 10 N–H and O–H groups in total. The number of rotatable bonds is 15. The van der Waals surface area contributed by atoms with Gasteiger partial charge in [0.15, 0.2) is 0 Å². The average Bonchev–Trinajstić information content (AvgIpc) is 2.69. The molecule has 184 valence electrons. The Balaban J connectivity index is 5.27. The van der Waals surface area contributed by atoms with Crippen LogP contribution in [0.3, 0.4) is 0 Å². The Hall–Kier alpha value is -2.42. The average molecular weight is 480 g/mol. The molecule has 0 saturated carbocycles. The molecule has 14 heteroatoms. The van der Waals surface area contributed by atoms with E-state index in [9.17, 15) is 39.3 Å². The lowest BCUT2D eigenvalue weighted by Gasteiger charge is -2.27. The van der Waals surface area contributed by atoms with Gasteiger partial charge in [0.1, 0.15) is 18.1 Å². The van der Waals surface area contributed by atoms with E-state index in [0.717, 1.165) is 0 Å². The fraction of sp³-hybridized carbons (Fsp3) is 0.722. The zero-order valence-electron chi connectivity index (χ0n) is 18.2. The minimum absolute atomic E-state index is 0.0827. The van der Waals surface area contributed by atoms with Gasteiger partial charge in [0, 0.05) is 6.42 Å².